The lowest BCUT2D eigenvalue weighted by Crippen LogP contribution is -2.30. The van der Waals surface area contributed by atoms with Gasteiger partial charge in [0.2, 0.25) is 0 Å². The molecule has 0 N–H and O–H groups in total. The van der Waals surface area contributed by atoms with Gasteiger partial charge in [-0.3, -0.25) is 0 Å². The number of carbonyl (C=O) groups is 2. The third-order valence-corrected chi connectivity index (χ3v) is 3.16. The smallest absolute Gasteiger partial charge is 0.365 e. The molecule has 0 saturated heterocycles. The molecule has 0 amide bonds. The van der Waals surface area contributed by atoms with E-state index >= 15 is 0 Å². The summed E-state index contributed by atoms with van der Waals surface area (Å²) in [4.78, 5) is 22.6. The van der Waals surface area contributed by atoms with Crippen LogP contribution < -0.4 is 4.90 Å². The highest BCUT2D eigenvalue weighted by Crippen LogP contribution is 2.41. The highest BCUT2D eigenvalue weighted by Gasteiger charge is 2.41. The van der Waals surface area contributed by atoms with Crippen molar-refractivity contribution in [3.8, 4) is 0 Å². The van der Waals surface area contributed by atoms with Crippen molar-refractivity contribution < 1.29 is 31.5 Å². The number of rotatable bonds is 5. The molecule has 3 nitrogen and oxygen atoms in total. The zero-order valence-electron chi connectivity index (χ0n) is 12.1. The molecule has 0 spiro atoms. The number of hydrogen-bond acceptors (Lipinski definition) is 3. The number of aldehydes is 2. The number of anilines is 1. The van der Waals surface area contributed by atoms with Gasteiger partial charge in [-0.05, 0) is 19.9 Å². The number of hydrogen-bond donors (Lipinski definition) is 0. The lowest BCUT2D eigenvalue weighted by Gasteiger charge is -2.29. The summed E-state index contributed by atoms with van der Waals surface area (Å²) in [7, 11) is 1.21. The van der Waals surface area contributed by atoms with E-state index in [2.05, 4.69) is 0 Å². The minimum atomic E-state index is -5.11. The molecule has 1 aromatic rings. The maximum Gasteiger partial charge on any atom is 0.419 e. The Kier molecular flexibility index (Phi) is 4.94. The van der Waals surface area contributed by atoms with Gasteiger partial charge in [-0.1, -0.05) is 0 Å². The molecule has 1 aromatic carbocycles. The molecule has 0 bridgehead atoms. The highest BCUT2D eigenvalue weighted by atomic mass is 19.4. The normalized spacial score (nSPS) is 12.2. The average molecular weight is 323 g/mol. The number of likely N-dealkylation sites (N-methyl/N-ethyl adjacent to an activating group) is 1. The third kappa shape index (κ3) is 3.26. The number of carbonyl (C=O) groups excluding carboxylic acids is 2. The van der Waals surface area contributed by atoms with E-state index in [1.807, 2.05) is 0 Å². The summed E-state index contributed by atoms with van der Waals surface area (Å²) in [6, 6.07) is 0.0242. The van der Waals surface area contributed by atoms with E-state index in [-0.39, 0.29) is 18.9 Å². The van der Waals surface area contributed by atoms with Gasteiger partial charge in [-0.15, -0.1) is 0 Å². The van der Waals surface area contributed by atoms with Crippen LogP contribution in [0.25, 0.3) is 0 Å². The first-order valence-corrected chi connectivity index (χ1v) is 6.18. The molecule has 0 fully saturated rings. The van der Waals surface area contributed by atoms with Gasteiger partial charge in [0, 0.05) is 12.6 Å². The quantitative estimate of drug-likeness (QED) is 0.617. The van der Waals surface area contributed by atoms with Crippen molar-refractivity contribution in [1.82, 2.24) is 0 Å². The van der Waals surface area contributed by atoms with Crippen molar-refractivity contribution >= 4 is 18.3 Å². The van der Waals surface area contributed by atoms with Gasteiger partial charge in [0.05, 0.1) is 23.2 Å². The molecule has 0 aliphatic carbocycles. The molecule has 0 aliphatic rings. The van der Waals surface area contributed by atoms with Gasteiger partial charge in [-0.25, -0.2) is 8.78 Å². The van der Waals surface area contributed by atoms with Crippen LogP contribution in [0.1, 0.15) is 25.0 Å². The summed E-state index contributed by atoms with van der Waals surface area (Å²) in [6.45, 7) is 1.95. The maximum atomic E-state index is 14.3. The zero-order chi connectivity index (χ0) is 17.3. The second kappa shape index (κ2) is 6.02. The van der Waals surface area contributed by atoms with Crippen LogP contribution in [0.2, 0.25) is 0 Å². The zero-order valence-corrected chi connectivity index (χ0v) is 12.1. The van der Waals surface area contributed by atoms with Crippen LogP contribution in [0, 0.1) is 11.6 Å². The van der Waals surface area contributed by atoms with Gasteiger partial charge in [-0.2, -0.15) is 13.2 Å². The Bertz CT molecular complexity index is 596. The van der Waals surface area contributed by atoms with Crippen molar-refractivity contribution in [3.63, 3.8) is 0 Å². The predicted molar refractivity (Wildman–Crippen MR) is 69.8 cm³/mol. The molecule has 1 rings (SSSR count). The Morgan fingerprint density at radius 2 is 1.73 bits per heavy atom. The maximum absolute atomic E-state index is 14.3. The van der Waals surface area contributed by atoms with Crippen LogP contribution in [0.4, 0.5) is 27.6 Å². The molecule has 0 heterocycles. The Morgan fingerprint density at radius 3 is 2.14 bits per heavy atom. The van der Waals surface area contributed by atoms with Crippen LogP contribution in [0.3, 0.4) is 0 Å². The molecule has 0 saturated carbocycles. The van der Waals surface area contributed by atoms with Crippen LogP contribution in [0.5, 0.6) is 0 Å². The fraction of sp³-hybridized carbons (Fsp3) is 0.429. The summed E-state index contributed by atoms with van der Waals surface area (Å²) in [5.74, 6) is -3.08. The van der Waals surface area contributed by atoms with E-state index in [0.29, 0.717) is 6.29 Å². The third-order valence-electron chi connectivity index (χ3n) is 3.16. The molecular weight excluding hydrogens is 309 g/mol. The van der Waals surface area contributed by atoms with Gasteiger partial charge < -0.3 is 14.5 Å². The summed E-state index contributed by atoms with van der Waals surface area (Å²) in [5, 5.41) is 0. The van der Waals surface area contributed by atoms with Crippen molar-refractivity contribution in [2.24, 2.45) is 0 Å². The van der Waals surface area contributed by atoms with Gasteiger partial charge >= 0.3 is 6.18 Å². The molecule has 22 heavy (non-hydrogen) atoms. The van der Waals surface area contributed by atoms with Gasteiger partial charge in [0.25, 0.3) is 0 Å². The summed E-state index contributed by atoms with van der Waals surface area (Å²) in [6.07, 6.45) is -4.50. The fourth-order valence-electron chi connectivity index (χ4n) is 2.05. The summed E-state index contributed by atoms with van der Waals surface area (Å²) < 4.78 is 66.9. The highest BCUT2D eigenvalue weighted by molar-refractivity contribution is 5.75. The number of alkyl halides is 3. The second-order valence-corrected chi connectivity index (χ2v) is 5.33. The predicted octanol–water partition coefficient (Wildman–Crippen LogP) is 3.10. The fourth-order valence-corrected chi connectivity index (χ4v) is 2.05. The molecule has 122 valence electrons. The largest absolute Gasteiger partial charge is 0.419 e. The average Bonchev–Trinajstić information content (AvgIpc) is 2.39. The monoisotopic (exact) mass is 323 g/mol. The van der Waals surface area contributed by atoms with E-state index in [0.717, 1.165) is 18.7 Å². The van der Waals surface area contributed by atoms with E-state index in [1.54, 1.807) is 0 Å². The Balaban J connectivity index is 3.82. The molecule has 0 atom stereocenters. The number of nitrogens with zero attached hydrogens (tertiary/aromatic N) is 1. The Labute approximate surface area is 123 Å². The van der Waals surface area contributed by atoms with Crippen LogP contribution in [0.15, 0.2) is 6.07 Å². The lowest BCUT2D eigenvalue weighted by atomic mass is 9.83. The summed E-state index contributed by atoms with van der Waals surface area (Å²) >= 11 is 0. The standard InChI is InChI=1S/C14H14F5NO2/c1-13(2,7-22)10-11(16)8(14(17,18)19)6-9(15)12(10)20(3)4-5-21/h5-7H,4H2,1-3H3. The number of halogens is 5. The van der Waals surface area contributed by atoms with Crippen LogP contribution >= 0.6 is 0 Å². The molecule has 0 aromatic heterocycles. The minimum absolute atomic E-state index is 0.0242. The van der Waals surface area contributed by atoms with E-state index in [1.165, 1.54) is 7.05 Å². The lowest BCUT2D eigenvalue weighted by molar-refractivity contribution is -0.140. The van der Waals surface area contributed by atoms with Gasteiger partial charge in [0.15, 0.2) is 0 Å². The van der Waals surface area contributed by atoms with Crippen molar-refractivity contribution in [1.29, 1.82) is 0 Å². The van der Waals surface area contributed by atoms with Crippen LogP contribution in [-0.4, -0.2) is 26.2 Å². The van der Waals surface area contributed by atoms with E-state index in [4.69, 9.17) is 0 Å². The molecule has 8 heteroatoms. The van der Waals surface area contributed by atoms with Crippen molar-refractivity contribution in [2.45, 2.75) is 25.4 Å². The summed E-state index contributed by atoms with van der Waals surface area (Å²) in [5.41, 5.74) is -4.79. The molecular formula is C14H14F5NO2. The van der Waals surface area contributed by atoms with Gasteiger partial charge in [0.1, 0.15) is 24.2 Å². The molecule has 0 aliphatic heterocycles. The number of benzene rings is 1. The Hall–Kier alpha value is -1.99. The van der Waals surface area contributed by atoms with Crippen molar-refractivity contribution in [2.75, 3.05) is 18.5 Å². The topological polar surface area (TPSA) is 37.4 Å². The first-order valence-electron chi connectivity index (χ1n) is 6.18. The molecule has 0 unspecified atom stereocenters. The molecule has 0 radical (unpaired) electrons. The van der Waals surface area contributed by atoms with Crippen molar-refractivity contribution in [3.05, 3.63) is 28.8 Å². The first kappa shape index (κ1) is 18.1. The minimum Gasteiger partial charge on any atom is -0.365 e. The van der Waals surface area contributed by atoms with E-state index in [9.17, 15) is 31.5 Å². The first-order chi connectivity index (χ1) is 9.97. The van der Waals surface area contributed by atoms with E-state index < -0.39 is 40.0 Å². The van der Waals surface area contributed by atoms with Crippen LogP contribution in [-0.2, 0) is 21.2 Å². The second-order valence-electron chi connectivity index (χ2n) is 5.33. The SMILES string of the molecule is CN(CC=O)c1c(F)cc(C(F)(F)F)c(F)c1C(C)(C)C=O. The Morgan fingerprint density at radius 1 is 1.18 bits per heavy atom.